The lowest BCUT2D eigenvalue weighted by Crippen LogP contribution is -2.27. The highest BCUT2D eigenvalue weighted by Gasteiger charge is 2.29. The van der Waals surface area contributed by atoms with Crippen LogP contribution in [-0.4, -0.2) is 149 Å². The quantitative estimate of drug-likeness (QED) is 0.0162. The predicted octanol–water partition coefficient (Wildman–Crippen LogP) is 4.66. The van der Waals surface area contributed by atoms with Crippen molar-refractivity contribution in [3.63, 3.8) is 0 Å². The number of hydrogen-bond acceptors (Lipinski definition) is 28. The number of aliphatic hydroxyl groups excluding tert-OH is 2. The second-order valence-electron chi connectivity index (χ2n) is 19.8. The number of benzene rings is 4. The topological polar surface area (TPSA) is 687 Å². The van der Waals surface area contributed by atoms with E-state index in [-0.39, 0.29) is 58.9 Å². The minimum Gasteiger partial charge on any atom is -0.493 e. The fourth-order valence-electron chi connectivity index (χ4n) is 9.00. The predicted molar refractivity (Wildman–Crippen MR) is 343 cm³/mol. The number of H-pyrrole nitrogens is 4. The molecule has 0 bridgehead atoms. The SMILES string of the molecule is CCn1c(O)c(N=Nc2cc(N=c3[nH]c(Cl)nc(=Nc4ccc(C=Cc5ccc(N=c6nc(Cl)[nH]c(=Nc7cc(N=Nc8c(C)c(C(=N)O)c(=O)n(CC)c8O)c(S(=O)(=O)O)cc7S(=O)(=O)O)[nH]6)cc5S(=O)(=O)O)c(S(=O)(=O)O)c4)[nH]3)c(S(=O)(=O)O)cc2S(=O)(=O)O)c(C)c(C(=N)O)c1=O. The Balaban J connectivity index is 1.18. The second-order valence-corrected chi connectivity index (χ2v) is 28.9. The van der Waals surface area contributed by atoms with Crippen molar-refractivity contribution in [2.45, 2.75) is 70.2 Å². The third-order valence-electron chi connectivity index (χ3n) is 13.4. The number of aromatic nitrogens is 8. The first-order chi connectivity index (χ1) is 46.2. The molecule has 4 aromatic heterocycles. The van der Waals surface area contributed by atoms with E-state index in [1.54, 1.807) is 0 Å². The summed E-state index contributed by atoms with van der Waals surface area (Å²) in [5.74, 6) is -4.31. The molecule has 0 amide bonds. The molecular formula is C50H44Cl2N18O24S6. The first kappa shape index (κ1) is 75.3. The van der Waals surface area contributed by atoms with Crippen LogP contribution >= 0.6 is 23.2 Å². The molecule has 0 aliphatic carbocycles. The lowest BCUT2D eigenvalue weighted by Gasteiger charge is -2.13. The Morgan fingerprint density at radius 3 is 1.07 bits per heavy atom. The first-order valence-corrected chi connectivity index (χ1v) is 36.0. The molecule has 100 heavy (non-hydrogen) atoms. The summed E-state index contributed by atoms with van der Waals surface area (Å²) < 4.78 is 215. The highest BCUT2D eigenvalue weighted by atomic mass is 35.5. The Kier molecular flexibility index (Phi) is 21.1. The number of nitrogens with zero attached hydrogens (tertiary/aromatic N) is 12. The van der Waals surface area contributed by atoms with Crippen LogP contribution < -0.4 is 33.6 Å². The molecule has 0 spiro atoms. The molecule has 16 N–H and O–H groups in total. The molecule has 0 atom stereocenters. The van der Waals surface area contributed by atoms with Crippen LogP contribution in [0.25, 0.3) is 12.2 Å². The summed E-state index contributed by atoms with van der Waals surface area (Å²) in [5.41, 5.74) is -13.0. The fourth-order valence-corrected chi connectivity index (χ4v) is 13.4. The summed E-state index contributed by atoms with van der Waals surface area (Å²) in [4.78, 5) is 52.1. The van der Waals surface area contributed by atoms with E-state index in [4.69, 9.17) is 34.0 Å². The summed E-state index contributed by atoms with van der Waals surface area (Å²) in [7, 11) is -32.5. The highest BCUT2D eigenvalue weighted by Crippen LogP contribution is 2.41. The summed E-state index contributed by atoms with van der Waals surface area (Å²) in [6.45, 7) is 4.50. The van der Waals surface area contributed by atoms with E-state index in [9.17, 15) is 108 Å². The first-order valence-electron chi connectivity index (χ1n) is 26.6. The van der Waals surface area contributed by atoms with Gasteiger partial charge in [0.1, 0.15) is 63.2 Å². The lowest BCUT2D eigenvalue weighted by atomic mass is 10.1. The van der Waals surface area contributed by atoms with Crippen molar-refractivity contribution < 1.29 is 98.2 Å². The number of rotatable bonds is 20. The van der Waals surface area contributed by atoms with E-state index >= 15 is 0 Å². The van der Waals surface area contributed by atoms with Crippen LogP contribution in [0.5, 0.6) is 11.8 Å². The number of nitrogens with one attached hydrogen (secondary N) is 6. The van der Waals surface area contributed by atoms with Gasteiger partial charge in [0.2, 0.25) is 56.6 Å². The van der Waals surface area contributed by atoms with Gasteiger partial charge in [0, 0.05) is 24.2 Å². The Hall–Kier alpha value is -10.5. The molecule has 0 unspecified atom stereocenters. The third kappa shape index (κ3) is 16.6. The molecule has 0 saturated carbocycles. The molecule has 50 heteroatoms. The van der Waals surface area contributed by atoms with Crippen LogP contribution in [0.3, 0.4) is 0 Å². The smallest absolute Gasteiger partial charge is 0.296 e. The minimum absolute atomic E-state index is 0.203. The van der Waals surface area contributed by atoms with Gasteiger partial charge in [-0.25, -0.2) is 20.0 Å². The van der Waals surface area contributed by atoms with Crippen LogP contribution in [0.2, 0.25) is 10.6 Å². The fraction of sp³-hybridized carbons (Fsp3) is 0.120. The number of aromatic amines is 4. The van der Waals surface area contributed by atoms with E-state index in [1.807, 2.05) is 0 Å². The van der Waals surface area contributed by atoms with Crippen LogP contribution in [-0.2, 0) is 73.8 Å². The molecule has 0 aliphatic rings. The van der Waals surface area contributed by atoms with Gasteiger partial charge in [-0.15, -0.1) is 20.5 Å². The Bertz CT molecular complexity index is 5790. The third-order valence-corrected chi connectivity index (χ3v) is 19.1. The van der Waals surface area contributed by atoms with E-state index in [0.717, 1.165) is 62.4 Å². The van der Waals surface area contributed by atoms with E-state index in [2.05, 4.69) is 70.3 Å². The number of aromatic hydroxyl groups is 2. The van der Waals surface area contributed by atoms with Gasteiger partial charge >= 0.3 is 0 Å². The maximum atomic E-state index is 12.9. The Labute approximate surface area is 568 Å². The normalized spacial score (nSPS) is 13.6. The average Bonchev–Trinajstić information content (AvgIpc) is 0.787. The second kappa shape index (κ2) is 28.0. The zero-order valence-electron chi connectivity index (χ0n) is 50.1. The molecular weight excluding hydrogens is 1500 g/mol. The van der Waals surface area contributed by atoms with Crippen molar-refractivity contribution in [2.24, 2.45) is 40.4 Å². The van der Waals surface area contributed by atoms with Crippen LogP contribution in [0.15, 0.2) is 140 Å². The summed E-state index contributed by atoms with van der Waals surface area (Å²) >= 11 is 12.4. The molecule has 42 nitrogen and oxygen atoms in total. The monoisotopic (exact) mass is 1540 g/mol. The lowest BCUT2D eigenvalue weighted by molar-refractivity contribution is 0.411. The standard InChI is InChI=1S/C50H44Cl2N18O24S6/c1-5-69-41(73)35(39(53)71)19(3)37(43(69)75)67-65-27-15-25(31(97(83,84)85)17-33(27)99(89,90)91)57-49-61-45(51)59-47(63-49)55-23-11-9-21(29(13-23)95(77,78)79)7-8-22-10-12-24(14-30(22)96(80,81)82)56-48-60-46(52)62-50(64-48)58-26-16-28(34(100(92,93)94)18-32(26)98(86,87)88)66-68-38-20(4)36(40(54)72)42(74)70(6-2)44(38)76/h7-18,75-76H,5-6H2,1-4H3,(H2,53,71)(H2,54,72)(H,77,78,79)(H,80,81,82)(H,83,84,85)(H,86,87,88)(H,89,90,91)(H,92,93,94)(H2,55,57,59,61,63)(H2,56,58,60,62,64). The molecule has 0 fully saturated rings. The van der Waals surface area contributed by atoms with Gasteiger partial charge in [-0.2, -0.15) is 60.5 Å². The molecule has 4 aromatic carbocycles. The van der Waals surface area contributed by atoms with Crippen molar-refractivity contribution >= 4 is 153 Å². The number of azo groups is 2. The number of pyridine rings is 2. The maximum Gasteiger partial charge on any atom is 0.296 e. The maximum absolute atomic E-state index is 12.9. The van der Waals surface area contributed by atoms with Crippen molar-refractivity contribution in [1.82, 2.24) is 39.0 Å². The van der Waals surface area contributed by atoms with E-state index in [1.165, 1.54) is 13.8 Å². The largest absolute Gasteiger partial charge is 0.493 e. The van der Waals surface area contributed by atoms with Crippen LogP contribution in [0.4, 0.5) is 45.5 Å². The van der Waals surface area contributed by atoms with Gasteiger partial charge < -0.3 is 30.4 Å². The van der Waals surface area contributed by atoms with Crippen LogP contribution in [0.1, 0.15) is 47.2 Å². The van der Waals surface area contributed by atoms with Crippen molar-refractivity contribution in [2.75, 3.05) is 0 Å². The molecule has 4 heterocycles. The number of halogens is 2. The Morgan fingerprint density at radius 2 is 0.780 bits per heavy atom. The van der Waals surface area contributed by atoms with Gasteiger partial charge in [-0.3, -0.25) is 66.8 Å². The van der Waals surface area contributed by atoms with E-state index < -0.39 is 203 Å². The van der Waals surface area contributed by atoms with Gasteiger partial charge in [-0.05, 0) is 111 Å². The van der Waals surface area contributed by atoms with Gasteiger partial charge in [-0.1, -0.05) is 24.3 Å². The molecule has 8 rings (SSSR count). The summed E-state index contributed by atoms with van der Waals surface area (Å²) in [5, 5.41) is 70.6. The van der Waals surface area contributed by atoms with Crippen molar-refractivity contribution in [3.05, 3.63) is 148 Å². The molecule has 528 valence electrons. The van der Waals surface area contributed by atoms with E-state index in [0.29, 0.717) is 21.3 Å². The van der Waals surface area contributed by atoms with Crippen LogP contribution in [0, 0.1) is 24.7 Å². The molecule has 0 radical (unpaired) electrons. The summed E-state index contributed by atoms with van der Waals surface area (Å²) in [6, 6.07) is 7.22. The van der Waals surface area contributed by atoms with Gasteiger partial charge in [0.15, 0.2) is 0 Å². The van der Waals surface area contributed by atoms with Gasteiger partial charge in [0.05, 0.1) is 22.7 Å². The van der Waals surface area contributed by atoms with Crippen molar-refractivity contribution in [3.8, 4) is 11.8 Å². The average molecular weight is 1540 g/mol. The molecule has 0 aliphatic heterocycles. The van der Waals surface area contributed by atoms with Crippen molar-refractivity contribution in [1.29, 1.82) is 10.8 Å². The zero-order valence-corrected chi connectivity index (χ0v) is 56.5. The summed E-state index contributed by atoms with van der Waals surface area (Å²) in [6.07, 6.45) is 1.90. The molecule has 8 aromatic rings. The minimum atomic E-state index is -5.50. The Morgan fingerprint density at radius 1 is 0.470 bits per heavy atom. The molecule has 0 saturated heterocycles. The number of aliphatic hydroxyl groups is 2. The highest BCUT2D eigenvalue weighted by molar-refractivity contribution is 7.87. The van der Waals surface area contributed by atoms with Gasteiger partial charge in [0.25, 0.3) is 71.8 Å². The number of hydrogen-bond donors (Lipinski definition) is 16. The zero-order chi connectivity index (χ0) is 74.4.